The topological polar surface area (TPSA) is 96.7 Å². The Balaban J connectivity index is 1.51. The molecule has 1 unspecified atom stereocenters. The van der Waals surface area contributed by atoms with Crippen molar-refractivity contribution in [1.29, 1.82) is 0 Å². The van der Waals surface area contributed by atoms with Crippen LogP contribution in [0.2, 0.25) is 0 Å². The van der Waals surface area contributed by atoms with Crippen LogP contribution in [-0.2, 0) is 4.79 Å². The Labute approximate surface area is 186 Å². The second-order valence-electron chi connectivity index (χ2n) is 8.26. The molecule has 2 aliphatic heterocycles. The number of nitrogens with one attached hydrogen (secondary N) is 1. The molecule has 0 saturated carbocycles. The number of rotatable bonds is 11. The van der Waals surface area contributed by atoms with Gasteiger partial charge < -0.3 is 15.2 Å². The number of methoxy groups -OCH3 is 1. The van der Waals surface area contributed by atoms with Crippen LogP contribution in [0.3, 0.4) is 0 Å². The van der Waals surface area contributed by atoms with E-state index in [4.69, 9.17) is 9.84 Å². The van der Waals surface area contributed by atoms with Crippen molar-refractivity contribution < 1.29 is 23.4 Å². The lowest BCUT2D eigenvalue weighted by Gasteiger charge is -2.23. The van der Waals surface area contributed by atoms with Crippen LogP contribution in [0.4, 0.5) is 8.78 Å². The zero-order valence-electron chi connectivity index (χ0n) is 18.3. The second kappa shape index (κ2) is 11.2. The minimum atomic E-state index is -2.98. The Morgan fingerprint density at radius 3 is 2.75 bits per heavy atom. The van der Waals surface area contributed by atoms with Crippen LogP contribution in [0.1, 0.15) is 69.3 Å². The molecule has 9 heteroatoms. The number of halogens is 2. The third-order valence-electron chi connectivity index (χ3n) is 5.70. The monoisotopic (exact) mass is 448 g/mol. The van der Waals surface area contributed by atoms with Gasteiger partial charge >= 0.3 is 12.0 Å². The number of ether oxygens (including phenoxy) is 1. The average Bonchev–Trinajstić information content (AvgIpc) is 3.01. The van der Waals surface area contributed by atoms with Gasteiger partial charge in [-0.05, 0) is 55.7 Å². The number of aliphatic imine (C=N–C) groups is 1. The zero-order chi connectivity index (χ0) is 23.0. The highest BCUT2D eigenvalue weighted by molar-refractivity contribution is 6.00. The highest BCUT2D eigenvalue weighted by Crippen LogP contribution is 2.36. The average molecular weight is 449 g/mol. The highest BCUT2D eigenvalue weighted by Gasteiger charge is 2.34. The van der Waals surface area contributed by atoms with Crippen LogP contribution in [-0.4, -0.2) is 46.5 Å². The van der Waals surface area contributed by atoms with Crippen molar-refractivity contribution in [2.75, 3.05) is 13.7 Å². The highest BCUT2D eigenvalue weighted by atomic mass is 19.3. The molecule has 0 bridgehead atoms. The van der Waals surface area contributed by atoms with Crippen molar-refractivity contribution in [3.8, 4) is 6.01 Å². The van der Waals surface area contributed by atoms with E-state index in [1.165, 1.54) is 25.1 Å². The number of unbranched alkanes of at least 4 members (excludes halogenated alkanes) is 1. The number of carbonyl (C=O) groups is 1. The number of alkyl halides is 2. The minimum absolute atomic E-state index is 0.108. The maximum Gasteiger partial charge on any atom is 0.316 e. The predicted molar refractivity (Wildman–Crippen MR) is 117 cm³/mol. The number of aromatic nitrogens is 2. The van der Waals surface area contributed by atoms with Gasteiger partial charge in [-0.15, -0.1) is 0 Å². The normalized spacial score (nSPS) is 17.2. The van der Waals surface area contributed by atoms with E-state index in [0.717, 1.165) is 37.3 Å². The third kappa shape index (κ3) is 7.10. The Morgan fingerprint density at radius 1 is 1.25 bits per heavy atom. The minimum Gasteiger partial charge on any atom is -0.481 e. The van der Waals surface area contributed by atoms with Gasteiger partial charge in [0, 0.05) is 43.4 Å². The fourth-order valence-corrected chi connectivity index (χ4v) is 3.98. The molecule has 7 nitrogen and oxygen atoms in total. The molecule has 174 valence electrons. The number of carboxylic acid groups (broad SMARTS) is 1. The van der Waals surface area contributed by atoms with Crippen LogP contribution in [0.5, 0.6) is 6.01 Å². The second-order valence-corrected chi connectivity index (χ2v) is 8.26. The molecule has 0 aromatic carbocycles. The number of hydrogen-bond acceptors (Lipinski definition) is 6. The summed E-state index contributed by atoms with van der Waals surface area (Å²) in [6, 6.07) is 0.108. The van der Waals surface area contributed by atoms with Gasteiger partial charge in [-0.25, -0.2) is 18.7 Å². The molecule has 1 aromatic heterocycles. The molecule has 0 aliphatic carbocycles. The molecule has 1 aromatic rings. The summed E-state index contributed by atoms with van der Waals surface area (Å²) >= 11 is 0. The Bertz CT molecular complexity index is 882. The molecule has 3 heterocycles. The lowest BCUT2D eigenvalue weighted by Crippen LogP contribution is -2.27. The molecule has 2 N–H and O–H groups in total. The van der Waals surface area contributed by atoms with Gasteiger partial charge in [0.1, 0.15) is 5.84 Å². The lowest BCUT2D eigenvalue weighted by molar-refractivity contribution is -0.138. The quantitative estimate of drug-likeness (QED) is 0.479. The van der Waals surface area contributed by atoms with Gasteiger partial charge in [-0.1, -0.05) is 6.08 Å². The number of nitrogens with zero attached hydrogens (tertiary/aromatic N) is 3. The van der Waals surface area contributed by atoms with E-state index in [1.54, 1.807) is 0 Å². The number of aliphatic carboxylic acids is 1. The summed E-state index contributed by atoms with van der Waals surface area (Å²) in [6.45, 7) is 0.815. The van der Waals surface area contributed by atoms with Crippen molar-refractivity contribution in [1.82, 2.24) is 15.3 Å². The molecule has 3 rings (SSSR count). The summed E-state index contributed by atoms with van der Waals surface area (Å²) in [7, 11) is 1.40. The van der Waals surface area contributed by atoms with Crippen LogP contribution >= 0.6 is 0 Å². The van der Waals surface area contributed by atoms with Gasteiger partial charge in [-0.3, -0.25) is 9.79 Å². The lowest BCUT2D eigenvalue weighted by atomic mass is 9.89. The molecule has 32 heavy (non-hydrogen) atoms. The fourth-order valence-electron chi connectivity index (χ4n) is 3.98. The molecule has 0 saturated heterocycles. The van der Waals surface area contributed by atoms with E-state index >= 15 is 0 Å². The zero-order valence-corrected chi connectivity index (χ0v) is 18.3. The summed E-state index contributed by atoms with van der Waals surface area (Å²) in [6.07, 6.45) is 10.4. The van der Waals surface area contributed by atoms with Gasteiger partial charge in [0.25, 0.3) is 0 Å². The van der Waals surface area contributed by atoms with Gasteiger partial charge in [0.2, 0.25) is 5.92 Å². The predicted octanol–water partition coefficient (Wildman–Crippen LogP) is 4.63. The van der Waals surface area contributed by atoms with Crippen molar-refractivity contribution in [2.24, 2.45) is 4.99 Å². The maximum absolute atomic E-state index is 14.7. The van der Waals surface area contributed by atoms with Gasteiger partial charge in [0.05, 0.1) is 13.5 Å². The summed E-state index contributed by atoms with van der Waals surface area (Å²) in [4.78, 5) is 23.6. The first-order chi connectivity index (χ1) is 15.4. The smallest absolute Gasteiger partial charge is 0.316 e. The molecular weight excluding hydrogens is 418 g/mol. The summed E-state index contributed by atoms with van der Waals surface area (Å²) in [5, 5.41) is 12.5. The van der Waals surface area contributed by atoms with E-state index in [2.05, 4.69) is 26.4 Å². The first-order valence-corrected chi connectivity index (χ1v) is 11.0. The molecular formula is C23H30F2N4O3. The number of carboxylic acids is 1. The first-order valence-electron chi connectivity index (χ1n) is 11.0. The van der Waals surface area contributed by atoms with Crippen LogP contribution in [0.25, 0.3) is 0 Å². The van der Waals surface area contributed by atoms with Crippen molar-refractivity contribution in [2.45, 2.75) is 69.6 Å². The van der Waals surface area contributed by atoms with Crippen LogP contribution in [0, 0.1) is 0 Å². The summed E-state index contributed by atoms with van der Waals surface area (Å²) in [5.41, 5.74) is 2.58. The van der Waals surface area contributed by atoms with Crippen molar-refractivity contribution in [3.05, 3.63) is 41.4 Å². The van der Waals surface area contributed by atoms with Crippen LogP contribution in [0.15, 0.2) is 40.8 Å². The maximum atomic E-state index is 14.7. The summed E-state index contributed by atoms with van der Waals surface area (Å²) in [5.74, 6) is -4.06. The molecule has 0 fully saturated rings. The van der Waals surface area contributed by atoms with E-state index in [9.17, 15) is 13.6 Å². The van der Waals surface area contributed by atoms with E-state index in [0.29, 0.717) is 24.8 Å². The molecule has 2 aliphatic rings. The van der Waals surface area contributed by atoms with E-state index in [1.807, 2.05) is 6.08 Å². The first kappa shape index (κ1) is 23.8. The SMILES string of the molecule is COc1ncc(C(CC(=O)O)CC(F)(F)CCCCC2=CC=C3CCCCN=C3N2)cn1. The largest absolute Gasteiger partial charge is 0.481 e. The summed E-state index contributed by atoms with van der Waals surface area (Å²) < 4.78 is 34.2. The van der Waals surface area contributed by atoms with E-state index in [-0.39, 0.29) is 12.4 Å². The third-order valence-corrected chi connectivity index (χ3v) is 5.70. The molecule has 1 atom stereocenters. The van der Waals surface area contributed by atoms with Gasteiger partial charge in [-0.2, -0.15) is 0 Å². The standard InChI is InChI=1S/C23H30F2N4O3/c1-32-22-27-14-18(15-28-22)17(12-20(30)31)13-23(24,25)10-4-2-7-19-9-8-16-6-3-5-11-26-21(16)29-19/h8-9,14-15,17H,2-7,10-13H2,1H3,(H,26,29)(H,30,31). The van der Waals surface area contributed by atoms with Gasteiger partial charge in [0.15, 0.2) is 0 Å². The number of dihydropyridines is 1. The number of fused-ring (bicyclic) bond motifs is 1. The van der Waals surface area contributed by atoms with E-state index < -0.39 is 30.7 Å². The molecule has 0 spiro atoms. The number of amidine groups is 1. The van der Waals surface area contributed by atoms with Crippen molar-refractivity contribution in [3.63, 3.8) is 0 Å². The Kier molecular flexibility index (Phi) is 8.30. The number of hydrogen-bond donors (Lipinski definition) is 2. The fraction of sp³-hybridized carbons (Fsp3) is 0.565. The Morgan fingerprint density at radius 2 is 2.03 bits per heavy atom. The van der Waals surface area contributed by atoms with Crippen molar-refractivity contribution >= 4 is 11.8 Å². The number of allylic oxidation sites excluding steroid dienone is 3. The molecule has 0 amide bonds. The Hall–Kier alpha value is -2.84. The van der Waals surface area contributed by atoms with Crippen LogP contribution < -0.4 is 10.1 Å². The molecule has 0 radical (unpaired) electrons.